The van der Waals surface area contributed by atoms with Crippen LogP contribution < -0.4 is 16.0 Å². The first kappa shape index (κ1) is 21.1. The molecule has 0 saturated heterocycles. The Morgan fingerprint density at radius 2 is 1.69 bits per heavy atom. The smallest absolute Gasteiger partial charge is 0.321 e. The Morgan fingerprint density at radius 3 is 2.23 bits per heavy atom. The van der Waals surface area contributed by atoms with Crippen LogP contribution >= 0.6 is 0 Å². The number of benzene rings is 1. The highest BCUT2D eigenvalue weighted by molar-refractivity contribution is 5.95. The normalized spacial score (nSPS) is 11.8. The lowest BCUT2D eigenvalue weighted by atomic mass is 10.0. The van der Waals surface area contributed by atoms with Gasteiger partial charge in [-0.15, -0.1) is 0 Å². The van der Waals surface area contributed by atoms with E-state index in [0.717, 1.165) is 5.56 Å². The molecule has 8 nitrogen and oxygen atoms in total. The van der Waals surface area contributed by atoms with Crippen LogP contribution in [0.2, 0.25) is 0 Å². The van der Waals surface area contributed by atoms with Crippen LogP contribution in [-0.2, 0) is 19.1 Å². The lowest BCUT2D eigenvalue weighted by molar-refractivity contribution is -0.149. The van der Waals surface area contributed by atoms with Gasteiger partial charge in [0.05, 0.1) is 12.5 Å². The number of esters is 1. The monoisotopic (exact) mass is 363 g/mol. The standard InChI is InChI=1S/C18H25N3O5/c1-12(22)19-14(13-8-6-5-7-9-13)10-16(24)26-11-15(23)20-17(25)21-18(2,3)4/h5-9,14H,10-11H2,1-4H3,(H,19,22)(H2,20,21,23,25)/t14-/m1/s1. The maximum atomic E-state index is 12.0. The lowest BCUT2D eigenvalue weighted by Crippen LogP contribution is -2.49. The Kier molecular flexibility index (Phi) is 7.77. The Balaban J connectivity index is 2.51. The van der Waals surface area contributed by atoms with Crippen molar-refractivity contribution in [2.45, 2.75) is 45.7 Å². The largest absolute Gasteiger partial charge is 0.455 e. The predicted octanol–water partition coefficient (Wildman–Crippen LogP) is 1.42. The minimum Gasteiger partial charge on any atom is -0.455 e. The number of nitrogens with one attached hydrogen (secondary N) is 3. The van der Waals surface area contributed by atoms with Gasteiger partial charge in [0.25, 0.3) is 5.91 Å². The molecule has 0 aliphatic rings. The van der Waals surface area contributed by atoms with Crippen LogP contribution in [0.25, 0.3) is 0 Å². The summed E-state index contributed by atoms with van der Waals surface area (Å²) in [5.41, 5.74) is 0.246. The highest BCUT2D eigenvalue weighted by Crippen LogP contribution is 2.17. The molecule has 0 saturated carbocycles. The van der Waals surface area contributed by atoms with Crippen molar-refractivity contribution in [3.63, 3.8) is 0 Å². The van der Waals surface area contributed by atoms with Gasteiger partial charge in [-0.25, -0.2) is 4.79 Å². The zero-order valence-corrected chi connectivity index (χ0v) is 15.4. The molecule has 3 N–H and O–H groups in total. The molecule has 4 amide bonds. The first-order valence-electron chi connectivity index (χ1n) is 8.16. The zero-order chi connectivity index (χ0) is 19.7. The maximum absolute atomic E-state index is 12.0. The van der Waals surface area contributed by atoms with Gasteiger partial charge < -0.3 is 15.4 Å². The molecule has 1 rings (SSSR count). The topological polar surface area (TPSA) is 114 Å². The summed E-state index contributed by atoms with van der Waals surface area (Å²) in [6, 6.07) is 7.72. The number of ether oxygens (including phenoxy) is 1. The predicted molar refractivity (Wildman–Crippen MR) is 95.0 cm³/mol. The Labute approximate surface area is 152 Å². The van der Waals surface area contributed by atoms with Crippen molar-refractivity contribution in [2.24, 2.45) is 0 Å². The summed E-state index contributed by atoms with van der Waals surface area (Å²) in [6.07, 6.45) is -0.134. The number of amides is 4. The van der Waals surface area contributed by atoms with Crippen molar-refractivity contribution in [1.29, 1.82) is 0 Å². The summed E-state index contributed by atoms with van der Waals surface area (Å²) in [6.45, 7) is 6.06. The SMILES string of the molecule is CC(=O)N[C@H](CC(=O)OCC(=O)NC(=O)NC(C)(C)C)c1ccccc1. The van der Waals surface area contributed by atoms with Gasteiger partial charge in [0.1, 0.15) is 0 Å². The van der Waals surface area contributed by atoms with E-state index in [-0.39, 0.29) is 12.3 Å². The lowest BCUT2D eigenvalue weighted by Gasteiger charge is -2.20. The summed E-state index contributed by atoms with van der Waals surface area (Å²) in [5.74, 6) is -1.70. The van der Waals surface area contributed by atoms with E-state index in [4.69, 9.17) is 4.74 Å². The molecule has 0 heterocycles. The fraction of sp³-hybridized carbons (Fsp3) is 0.444. The van der Waals surface area contributed by atoms with E-state index in [0.29, 0.717) is 0 Å². The summed E-state index contributed by atoms with van der Waals surface area (Å²) in [7, 11) is 0. The Morgan fingerprint density at radius 1 is 1.08 bits per heavy atom. The van der Waals surface area contributed by atoms with Crippen LogP contribution in [-0.4, -0.2) is 36.0 Å². The van der Waals surface area contributed by atoms with Crippen molar-refractivity contribution in [3.05, 3.63) is 35.9 Å². The minimum absolute atomic E-state index is 0.134. The molecule has 26 heavy (non-hydrogen) atoms. The number of imide groups is 1. The molecular weight excluding hydrogens is 338 g/mol. The number of rotatable bonds is 6. The van der Waals surface area contributed by atoms with Gasteiger partial charge in [-0.3, -0.25) is 19.7 Å². The van der Waals surface area contributed by atoms with E-state index in [1.165, 1.54) is 6.92 Å². The Hall–Kier alpha value is -2.90. The van der Waals surface area contributed by atoms with Crippen LogP contribution in [0.1, 0.15) is 45.7 Å². The van der Waals surface area contributed by atoms with E-state index in [2.05, 4.69) is 16.0 Å². The zero-order valence-electron chi connectivity index (χ0n) is 15.4. The van der Waals surface area contributed by atoms with E-state index < -0.39 is 36.1 Å². The van der Waals surface area contributed by atoms with Crippen molar-refractivity contribution in [2.75, 3.05) is 6.61 Å². The highest BCUT2D eigenvalue weighted by atomic mass is 16.5. The molecule has 0 unspecified atom stereocenters. The van der Waals surface area contributed by atoms with Crippen LogP contribution in [0, 0.1) is 0 Å². The van der Waals surface area contributed by atoms with Gasteiger partial charge >= 0.3 is 12.0 Å². The first-order chi connectivity index (χ1) is 12.1. The van der Waals surface area contributed by atoms with Crippen molar-refractivity contribution in [3.8, 4) is 0 Å². The van der Waals surface area contributed by atoms with Crippen LogP contribution in [0.15, 0.2) is 30.3 Å². The summed E-state index contributed by atoms with van der Waals surface area (Å²) < 4.78 is 4.89. The van der Waals surface area contributed by atoms with Gasteiger partial charge in [-0.2, -0.15) is 0 Å². The summed E-state index contributed by atoms with van der Waals surface area (Å²) >= 11 is 0. The molecule has 0 aliphatic heterocycles. The molecule has 0 aliphatic carbocycles. The highest BCUT2D eigenvalue weighted by Gasteiger charge is 2.20. The van der Waals surface area contributed by atoms with Crippen molar-refractivity contribution >= 4 is 23.8 Å². The third-order valence-electron chi connectivity index (χ3n) is 3.06. The maximum Gasteiger partial charge on any atom is 0.321 e. The second-order valence-electron chi connectivity index (χ2n) is 6.78. The molecule has 8 heteroatoms. The average molecular weight is 363 g/mol. The quantitative estimate of drug-likeness (QED) is 0.662. The van der Waals surface area contributed by atoms with E-state index in [1.54, 1.807) is 45.0 Å². The molecule has 0 bridgehead atoms. The number of hydrogen-bond donors (Lipinski definition) is 3. The fourth-order valence-corrected chi connectivity index (χ4v) is 2.09. The van der Waals surface area contributed by atoms with Gasteiger partial charge in [0.2, 0.25) is 5.91 Å². The second-order valence-corrected chi connectivity index (χ2v) is 6.78. The van der Waals surface area contributed by atoms with E-state index in [1.807, 2.05) is 6.07 Å². The summed E-state index contributed by atoms with van der Waals surface area (Å²) in [4.78, 5) is 46.5. The van der Waals surface area contributed by atoms with Crippen LogP contribution in [0.3, 0.4) is 0 Å². The molecule has 0 aromatic heterocycles. The number of urea groups is 1. The van der Waals surface area contributed by atoms with Gasteiger partial charge in [-0.1, -0.05) is 30.3 Å². The van der Waals surface area contributed by atoms with E-state index >= 15 is 0 Å². The first-order valence-corrected chi connectivity index (χ1v) is 8.16. The number of carbonyl (C=O) groups excluding carboxylic acids is 4. The van der Waals surface area contributed by atoms with Gasteiger partial charge in [0, 0.05) is 12.5 Å². The second kappa shape index (κ2) is 9.55. The van der Waals surface area contributed by atoms with Crippen molar-refractivity contribution < 1.29 is 23.9 Å². The molecule has 1 atom stereocenters. The summed E-state index contributed by atoms with van der Waals surface area (Å²) in [5, 5.41) is 7.30. The molecule has 1 aromatic carbocycles. The molecule has 0 spiro atoms. The van der Waals surface area contributed by atoms with Gasteiger partial charge in [0.15, 0.2) is 6.61 Å². The van der Waals surface area contributed by atoms with Crippen molar-refractivity contribution in [1.82, 2.24) is 16.0 Å². The number of hydrogen-bond acceptors (Lipinski definition) is 5. The molecule has 0 fully saturated rings. The number of carbonyl (C=O) groups is 4. The minimum atomic E-state index is -0.740. The van der Waals surface area contributed by atoms with Crippen LogP contribution in [0.4, 0.5) is 4.79 Å². The molecule has 142 valence electrons. The molecule has 0 radical (unpaired) electrons. The molecule has 1 aromatic rings. The van der Waals surface area contributed by atoms with Crippen LogP contribution in [0.5, 0.6) is 0 Å². The third-order valence-corrected chi connectivity index (χ3v) is 3.06. The Bertz CT molecular complexity index is 653. The third kappa shape index (κ3) is 8.81. The fourth-order valence-electron chi connectivity index (χ4n) is 2.09. The van der Waals surface area contributed by atoms with E-state index in [9.17, 15) is 19.2 Å². The van der Waals surface area contributed by atoms with Gasteiger partial charge in [-0.05, 0) is 26.3 Å². The average Bonchev–Trinajstić information content (AvgIpc) is 2.51. The molecular formula is C18H25N3O5.